The second kappa shape index (κ2) is 11.2. The maximum atomic E-state index is 13.2. The first-order chi connectivity index (χ1) is 16.2. The molecular formula is C26H30N2O4S. The van der Waals surface area contributed by atoms with Crippen LogP contribution in [0, 0.1) is 0 Å². The fraction of sp³-hybridized carbons (Fsp3) is 0.346. The monoisotopic (exact) mass is 466 g/mol. The van der Waals surface area contributed by atoms with Crippen LogP contribution in [-0.4, -0.2) is 62.7 Å². The highest BCUT2D eigenvalue weighted by Gasteiger charge is 2.25. The summed E-state index contributed by atoms with van der Waals surface area (Å²) in [6, 6.07) is 17.7. The first kappa shape index (κ1) is 23.1. The first-order valence-corrected chi connectivity index (χ1v) is 12.0. The molecule has 3 aromatic rings. The molecule has 1 aliphatic heterocycles. The van der Waals surface area contributed by atoms with Crippen LogP contribution >= 0.6 is 11.3 Å². The van der Waals surface area contributed by atoms with E-state index in [1.54, 1.807) is 37.7 Å². The standard InChI is InChI=1S/C26H30N2O4S/c1-30-23-17-21(18-24(31-2)25(23)32-19-20-7-4-3-5-8-20)26(29)28-14-12-27(13-15-28)11-10-22-9-6-16-33-22/h3-9,16-18H,10-15,19H2,1-2H3. The first-order valence-electron chi connectivity index (χ1n) is 11.1. The molecule has 2 aromatic carbocycles. The summed E-state index contributed by atoms with van der Waals surface area (Å²) < 4.78 is 17.1. The van der Waals surface area contributed by atoms with E-state index in [0.29, 0.717) is 42.5 Å². The molecule has 33 heavy (non-hydrogen) atoms. The summed E-state index contributed by atoms with van der Waals surface area (Å²) in [5.74, 6) is 1.46. The Labute approximate surface area is 199 Å². The number of hydrogen-bond acceptors (Lipinski definition) is 6. The van der Waals surface area contributed by atoms with Crippen LogP contribution < -0.4 is 14.2 Å². The largest absolute Gasteiger partial charge is 0.493 e. The molecule has 0 atom stereocenters. The zero-order chi connectivity index (χ0) is 23.0. The van der Waals surface area contributed by atoms with Gasteiger partial charge in [-0.25, -0.2) is 0 Å². The topological polar surface area (TPSA) is 51.2 Å². The number of carbonyl (C=O) groups excluding carboxylic acids is 1. The van der Waals surface area contributed by atoms with E-state index >= 15 is 0 Å². The number of piperazine rings is 1. The van der Waals surface area contributed by atoms with E-state index in [4.69, 9.17) is 14.2 Å². The van der Waals surface area contributed by atoms with Gasteiger partial charge in [0.05, 0.1) is 14.2 Å². The van der Waals surface area contributed by atoms with E-state index in [-0.39, 0.29) is 5.91 Å². The van der Waals surface area contributed by atoms with Crippen molar-refractivity contribution in [1.82, 2.24) is 9.80 Å². The third-order valence-corrected chi connectivity index (χ3v) is 6.78. The Morgan fingerprint density at radius 2 is 1.64 bits per heavy atom. The number of thiophene rings is 1. The maximum Gasteiger partial charge on any atom is 0.254 e. The molecule has 2 heterocycles. The molecule has 0 aliphatic carbocycles. The van der Waals surface area contributed by atoms with Crippen LogP contribution in [0.15, 0.2) is 60.0 Å². The molecule has 1 saturated heterocycles. The molecule has 7 heteroatoms. The van der Waals surface area contributed by atoms with Crippen LogP contribution in [0.1, 0.15) is 20.8 Å². The predicted molar refractivity (Wildman–Crippen MR) is 131 cm³/mol. The van der Waals surface area contributed by atoms with Crippen molar-refractivity contribution in [1.29, 1.82) is 0 Å². The van der Waals surface area contributed by atoms with Crippen LogP contribution in [0.4, 0.5) is 0 Å². The lowest BCUT2D eigenvalue weighted by Crippen LogP contribution is -2.49. The highest BCUT2D eigenvalue weighted by molar-refractivity contribution is 7.09. The second-order valence-corrected chi connectivity index (χ2v) is 8.98. The van der Waals surface area contributed by atoms with E-state index in [2.05, 4.69) is 22.4 Å². The van der Waals surface area contributed by atoms with Crippen LogP contribution in [0.2, 0.25) is 0 Å². The summed E-state index contributed by atoms with van der Waals surface area (Å²) in [5, 5.41) is 2.12. The van der Waals surface area contributed by atoms with Gasteiger partial charge < -0.3 is 19.1 Å². The van der Waals surface area contributed by atoms with Gasteiger partial charge in [-0.1, -0.05) is 36.4 Å². The number of carbonyl (C=O) groups is 1. The Morgan fingerprint density at radius 1 is 0.939 bits per heavy atom. The molecule has 0 radical (unpaired) electrons. The Balaban J connectivity index is 1.40. The summed E-state index contributed by atoms with van der Waals surface area (Å²) in [4.78, 5) is 19.0. The van der Waals surface area contributed by atoms with Gasteiger partial charge in [0, 0.05) is 43.2 Å². The highest BCUT2D eigenvalue weighted by Crippen LogP contribution is 2.39. The Morgan fingerprint density at radius 3 is 2.24 bits per heavy atom. The number of methoxy groups -OCH3 is 2. The number of rotatable bonds is 9. The molecule has 0 spiro atoms. The molecule has 1 aliphatic rings. The lowest BCUT2D eigenvalue weighted by atomic mass is 10.1. The number of benzene rings is 2. The van der Waals surface area contributed by atoms with Crippen LogP contribution in [0.5, 0.6) is 17.2 Å². The van der Waals surface area contributed by atoms with Gasteiger partial charge in [0.15, 0.2) is 11.5 Å². The molecule has 1 amide bonds. The Kier molecular flexibility index (Phi) is 7.86. The van der Waals surface area contributed by atoms with Gasteiger partial charge in [-0.15, -0.1) is 11.3 Å². The smallest absolute Gasteiger partial charge is 0.254 e. The number of hydrogen-bond donors (Lipinski definition) is 0. The minimum atomic E-state index is -0.0147. The molecule has 0 bridgehead atoms. The fourth-order valence-electron chi connectivity index (χ4n) is 3.96. The molecule has 1 aromatic heterocycles. The third kappa shape index (κ3) is 5.86. The minimum Gasteiger partial charge on any atom is -0.493 e. The maximum absolute atomic E-state index is 13.2. The minimum absolute atomic E-state index is 0.0147. The van der Waals surface area contributed by atoms with Crippen LogP contribution in [0.3, 0.4) is 0 Å². The van der Waals surface area contributed by atoms with Gasteiger partial charge in [0.2, 0.25) is 5.75 Å². The van der Waals surface area contributed by atoms with Crippen LogP contribution in [-0.2, 0) is 13.0 Å². The van der Waals surface area contributed by atoms with E-state index in [0.717, 1.165) is 31.6 Å². The third-order valence-electron chi connectivity index (χ3n) is 5.85. The Bertz CT molecular complexity index is 1010. The molecule has 0 N–H and O–H groups in total. The second-order valence-electron chi connectivity index (χ2n) is 7.95. The summed E-state index contributed by atoms with van der Waals surface area (Å²) in [6.45, 7) is 4.58. The highest BCUT2D eigenvalue weighted by atomic mass is 32.1. The van der Waals surface area contributed by atoms with Crippen molar-refractivity contribution < 1.29 is 19.0 Å². The molecule has 4 rings (SSSR count). The van der Waals surface area contributed by atoms with Crippen molar-refractivity contribution in [3.63, 3.8) is 0 Å². The van der Waals surface area contributed by atoms with Crippen molar-refractivity contribution >= 4 is 17.2 Å². The van der Waals surface area contributed by atoms with Crippen molar-refractivity contribution in [2.24, 2.45) is 0 Å². The number of nitrogens with zero attached hydrogens (tertiary/aromatic N) is 2. The molecule has 6 nitrogen and oxygen atoms in total. The van der Waals surface area contributed by atoms with Crippen LogP contribution in [0.25, 0.3) is 0 Å². The molecule has 174 valence electrons. The van der Waals surface area contributed by atoms with Gasteiger partial charge in [0.25, 0.3) is 5.91 Å². The normalized spacial score (nSPS) is 14.2. The molecular weight excluding hydrogens is 436 g/mol. The zero-order valence-corrected chi connectivity index (χ0v) is 20.0. The summed E-state index contributed by atoms with van der Waals surface area (Å²) in [6.07, 6.45) is 1.06. The lowest BCUT2D eigenvalue weighted by molar-refractivity contribution is 0.0638. The average Bonchev–Trinajstić information content (AvgIpc) is 3.40. The van der Waals surface area contributed by atoms with Crippen molar-refractivity contribution in [3.05, 3.63) is 76.0 Å². The van der Waals surface area contributed by atoms with Crippen molar-refractivity contribution in [2.75, 3.05) is 46.9 Å². The summed E-state index contributed by atoms with van der Waals surface area (Å²) >= 11 is 1.80. The van der Waals surface area contributed by atoms with Gasteiger partial charge in [-0.2, -0.15) is 0 Å². The predicted octanol–water partition coefficient (Wildman–Crippen LogP) is 4.34. The van der Waals surface area contributed by atoms with E-state index in [9.17, 15) is 4.79 Å². The molecule has 1 fully saturated rings. The van der Waals surface area contributed by atoms with Gasteiger partial charge in [0.1, 0.15) is 6.61 Å². The lowest BCUT2D eigenvalue weighted by Gasteiger charge is -2.34. The van der Waals surface area contributed by atoms with Gasteiger partial charge in [-0.3, -0.25) is 9.69 Å². The van der Waals surface area contributed by atoms with E-state index in [1.165, 1.54) is 4.88 Å². The van der Waals surface area contributed by atoms with Crippen molar-refractivity contribution in [3.8, 4) is 17.2 Å². The van der Waals surface area contributed by atoms with Gasteiger partial charge in [-0.05, 0) is 35.6 Å². The van der Waals surface area contributed by atoms with Gasteiger partial charge >= 0.3 is 0 Å². The molecule has 0 saturated carbocycles. The van der Waals surface area contributed by atoms with E-state index in [1.807, 2.05) is 35.2 Å². The fourth-order valence-corrected chi connectivity index (χ4v) is 4.65. The van der Waals surface area contributed by atoms with E-state index < -0.39 is 0 Å². The average molecular weight is 467 g/mol. The quantitative estimate of drug-likeness (QED) is 0.469. The molecule has 0 unspecified atom stereocenters. The Hall–Kier alpha value is -3.03. The van der Waals surface area contributed by atoms with Crippen molar-refractivity contribution in [2.45, 2.75) is 13.0 Å². The number of amides is 1. The SMILES string of the molecule is COc1cc(C(=O)N2CCN(CCc3cccs3)CC2)cc(OC)c1OCc1ccccc1. The summed E-state index contributed by atoms with van der Waals surface area (Å²) in [5.41, 5.74) is 1.58. The summed E-state index contributed by atoms with van der Waals surface area (Å²) in [7, 11) is 3.15. The zero-order valence-electron chi connectivity index (χ0n) is 19.2. The number of ether oxygens (including phenoxy) is 3.